The van der Waals surface area contributed by atoms with E-state index in [1.54, 1.807) is 0 Å². The van der Waals surface area contributed by atoms with Crippen molar-refractivity contribution < 1.29 is 4.57 Å². The van der Waals surface area contributed by atoms with Gasteiger partial charge in [-0.1, -0.05) is 20.3 Å². The summed E-state index contributed by atoms with van der Waals surface area (Å²) in [6.07, 6.45) is 11.5. The number of hydrogen-bond acceptors (Lipinski definition) is 2. The van der Waals surface area contributed by atoms with Gasteiger partial charge in [0.1, 0.15) is 12.4 Å². The highest BCUT2D eigenvalue weighted by atomic mass is 15.1. The van der Waals surface area contributed by atoms with Gasteiger partial charge in [0.25, 0.3) is 0 Å². The molecule has 0 N–H and O–H groups in total. The first-order valence-electron chi connectivity index (χ1n) is 5.81. The highest BCUT2D eigenvalue weighted by molar-refractivity contribution is 5.46. The van der Waals surface area contributed by atoms with Crippen LogP contribution in [0.25, 0.3) is 5.41 Å². The summed E-state index contributed by atoms with van der Waals surface area (Å²) < 4.78 is 4.51. The summed E-state index contributed by atoms with van der Waals surface area (Å²) in [4.78, 5) is 2.58. The predicted octanol–water partition coefficient (Wildman–Crippen LogP) is 2.20. The smallest absolute Gasteiger partial charge is 0.243 e. The largest absolute Gasteiger partial charge is 0.422 e. The van der Waals surface area contributed by atoms with Gasteiger partial charge < -0.3 is 10.4 Å². The van der Waals surface area contributed by atoms with Crippen LogP contribution in [0.15, 0.2) is 23.7 Å². The highest BCUT2D eigenvalue weighted by Gasteiger charge is 2.00. The van der Waals surface area contributed by atoms with Crippen LogP contribution in [-0.2, 0) is 13.1 Å². The van der Waals surface area contributed by atoms with Crippen molar-refractivity contribution in [2.45, 2.75) is 46.2 Å². The SMILES string of the molecule is CCCCn1cc[n+](CCC)c1.N#CN=C=[N-]. The fourth-order valence-corrected chi connectivity index (χ4v) is 1.32. The van der Waals surface area contributed by atoms with Gasteiger partial charge in [0.15, 0.2) is 0 Å². The predicted molar refractivity (Wildman–Crippen MR) is 66.2 cm³/mol. The van der Waals surface area contributed by atoms with Crippen LogP contribution in [0.5, 0.6) is 0 Å². The molecule has 0 fully saturated rings. The zero-order valence-corrected chi connectivity index (χ0v) is 10.5. The zero-order chi connectivity index (χ0) is 12.9. The third-order valence-electron chi connectivity index (χ3n) is 2.10. The highest BCUT2D eigenvalue weighted by Crippen LogP contribution is 1.92. The Bertz CT molecular complexity index is 382. The van der Waals surface area contributed by atoms with Crippen molar-refractivity contribution in [1.82, 2.24) is 4.57 Å². The molecule has 0 aromatic carbocycles. The number of nitrogens with zero attached hydrogens (tertiary/aromatic N) is 5. The van der Waals surface area contributed by atoms with E-state index in [0.29, 0.717) is 0 Å². The van der Waals surface area contributed by atoms with Gasteiger partial charge in [0.2, 0.25) is 6.33 Å². The molecule has 92 valence electrons. The van der Waals surface area contributed by atoms with Crippen molar-refractivity contribution >= 4 is 6.01 Å². The van der Waals surface area contributed by atoms with Crippen LogP contribution in [-0.4, -0.2) is 10.6 Å². The van der Waals surface area contributed by atoms with Crippen LogP contribution >= 0.6 is 0 Å². The summed E-state index contributed by atoms with van der Waals surface area (Å²) in [5.41, 5.74) is 0. The molecule has 1 aromatic rings. The number of aromatic nitrogens is 2. The van der Waals surface area contributed by atoms with Gasteiger partial charge in [-0.25, -0.2) is 9.13 Å². The fourth-order valence-electron chi connectivity index (χ4n) is 1.32. The van der Waals surface area contributed by atoms with Crippen molar-refractivity contribution in [3.8, 4) is 6.19 Å². The molecule has 0 spiro atoms. The van der Waals surface area contributed by atoms with E-state index in [0.717, 1.165) is 13.1 Å². The maximum absolute atomic E-state index is 7.43. The Morgan fingerprint density at radius 3 is 2.65 bits per heavy atom. The monoisotopic (exact) mass is 233 g/mol. The average molecular weight is 233 g/mol. The Labute approximate surface area is 103 Å². The van der Waals surface area contributed by atoms with Gasteiger partial charge in [-0.15, -0.1) is 6.01 Å². The van der Waals surface area contributed by atoms with Gasteiger partial charge in [-0.05, 0) is 12.8 Å². The van der Waals surface area contributed by atoms with E-state index in [4.69, 9.17) is 10.7 Å². The maximum Gasteiger partial charge on any atom is 0.243 e. The van der Waals surface area contributed by atoms with Gasteiger partial charge in [-0.3, -0.25) is 0 Å². The second kappa shape index (κ2) is 10.6. The van der Waals surface area contributed by atoms with Crippen molar-refractivity contribution in [2.75, 3.05) is 0 Å². The molecule has 0 atom stereocenters. The lowest BCUT2D eigenvalue weighted by atomic mass is 10.3. The van der Waals surface area contributed by atoms with E-state index in [2.05, 4.69) is 46.7 Å². The third kappa shape index (κ3) is 7.95. The summed E-state index contributed by atoms with van der Waals surface area (Å²) >= 11 is 0. The van der Waals surface area contributed by atoms with E-state index in [-0.39, 0.29) is 0 Å². The molecular formula is C12H19N5. The van der Waals surface area contributed by atoms with Crippen LogP contribution < -0.4 is 4.57 Å². The molecule has 5 heteroatoms. The lowest BCUT2D eigenvalue weighted by molar-refractivity contribution is -0.696. The van der Waals surface area contributed by atoms with Gasteiger partial charge >= 0.3 is 0 Å². The second-order valence-electron chi connectivity index (χ2n) is 3.55. The first-order chi connectivity index (χ1) is 8.28. The molecule has 17 heavy (non-hydrogen) atoms. The molecule has 0 bridgehead atoms. The molecule has 0 radical (unpaired) electrons. The maximum atomic E-state index is 7.43. The van der Waals surface area contributed by atoms with E-state index in [1.807, 2.05) is 0 Å². The Kier molecular flexibility index (Phi) is 9.40. The summed E-state index contributed by atoms with van der Waals surface area (Å²) in [6, 6.07) is 1.28. The van der Waals surface area contributed by atoms with E-state index in [1.165, 1.54) is 31.5 Å². The van der Waals surface area contributed by atoms with Crippen LogP contribution in [0.1, 0.15) is 33.1 Å². The first kappa shape index (κ1) is 15.1. The number of imidazole rings is 1. The fraction of sp³-hybridized carbons (Fsp3) is 0.583. The van der Waals surface area contributed by atoms with Crippen molar-refractivity contribution in [1.29, 1.82) is 5.26 Å². The van der Waals surface area contributed by atoms with E-state index < -0.39 is 0 Å². The quantitative estimate of drug-likeness (QED) is 0.436. The lowest BCUT2D eigenvalue weighted by Crippen LogP contribution is -2.30. The van der Waals surface area contributed by atoms with Crippen molar-refractivity contribution in [3.05, 3.63) is 24.1 Å². The molecule has 0 saturated carbocycles. The molecule has 1 heterocycles. The zero-order valence-electron chi connectivity index (χ0n) is 10.5. The standard InChI is InChI=1S/C10H19N2.C2N3/c1-3-5-7-12-9-8-11(10-12)6-4-2;3-1-5-2-4/h8-10H,3-7H2,1-2H3;/q+1;-1. The summed E-state index contributed by atoms with van der Waals surface area (Å²) in [5.74, 6) is 0. The normalized spacial score (nSPS) is 8.53. The summed E-state index contributed by atoms with van der Waals surface area (Å²) in [7, 11) is 0. The minimum Gasteiger partial charge on any atom is -0.422 e. The second-order valence-corrected chi connectivity index (χ2v) is 3.55. The first-order valence-corrected chi connectivity index (χ1v) is 5.81. The molecule has 0 saturated heterocycles. The Morgan fingerprint density at radius 1 is 1.41 bits per heavy atom. The van der Waals surface area contributed by atoms with E-state index >= 15 is 0 Å². The Morgan fingerprint density at radius 2 is 2.18 bits per heavy atom. The number of rotatable bonds is 5. The van der Waals surface area contributed by atoms with Crippen LogP contribution in [0.3, 0.4) is 0 Å². The molecule has 0 aliphatic heterocycles. The van der Waals surface area contributed by atoms with Crippen molar-refractivity contribution in [2.24, 2.45) is 4.99 Å². The van der Waals surface area contributed by atoms with Gasteiger partial charge in [0, 0.05) is 0 Å². The molecule has 5 nitrogen and oxygen atoms in total. The topological polar surface area (TPSA) is 67.3 Å². The third-order valence-corrected chi connectivity index (χ3v) is 2.10. The average Bonchev–Trinajstić information content (AvgIpc) is 2.77. The van der Waals surface area contributed by atoms with Crippen LogP contribution in [0, 0.1) is 11.5 Å². The molecule has 1 rings (SSSR count). The van der Waals surface area contributed by atoms with Crippen LogP contribution in [0.4, 0.5) is 0 Å². The molecule has 0 amide bonds. The van der Waals surface area contributed by atoms with Gasteiger partial charge in [0.05, 0.1) is 19.3 Å². The molecule has 0 aliphatic rings. The summed E-state index contributed by atoms with van der Waals surface area (Å²) in [5, 5.41) is 14.9. The lowest BCUT2D eigenvalue weighted by Gasteiger charge is -1.92. The minimum atomic E-state index is 1.14. The number of nitriles is 1. The molecule has 0 unspecified atom stereocenters. The number of unbranched alkanes of at least 4 members (excludes halogenated alkanes) is 1. The van der Waals surface area contributed by atoms with E-state index in [9.17, 15) is 0 Å². The molecular weight excluding hydrogens is 214 g/mol. The molecule has 0 aliphatic carbocycles. The van der Waals surface area contributed by atoms with Crippen LogP contribution in [0.2, 0.25) is 0 Å². The Hall–Kier alpha value is -1.92. The number of aliphatic imine (C=N–C) groups is 1. The van der Waals surface area contributed by atoms with Gasteiger partial charge in [-0.2, -0.15) is 5.26 Å². The summed E-state index contributed by atoms with van der Waals surface area (Å²) in [6.45, 7) is 6.73. The van der Waals surface area contributed by atoms with Crippen molar-refractivity contribution in [3.63, 3.8) is 0 Å². The Balaban J connectivity index is 0.000000437. The minimum absolute atomic E-state index is 1.14. The number of aryl methyl sites for hydroxylation is 2. The number of hydrogen-bond donors (Lipinski definition) is 0. The molecule has 1 aromatic heterocycles.